The quantitative estimate of drug-likeness (QED) is 0.893. The topological polar surface area (TPSA) is 41.6 Å². The molecule has 0 saturated carbocycles. The molecule has 0 bridgehead atoms. The number of nitrogens with zero attached hydrogens (tertiary/aromatic N) is 1. The third kappa shape index (κ3) is 4.95. The molecule has 1 atom stereocenters. The molecule has 2 rings (SSSR count). The van der Waals surface area contributed by atoms with Crippen molar-refractivity contribution in [3.63, 3.8) is 0 Å². The van der Waals surface area contributed by atoms with Crippen molar-refractivity contribution in [2.45, 2.75) is 26.1 Å². The second-order valence-electron chi connectivity index (χ2n) is 6.25. The fourth-order valence-electron chi connectivity index (χ4n) is 2.83. The van der Waals surface area contributed by atoms with Gasteiger partial charge >= 0.3 is 6.18 Å². The molecule has 0 aliphatic carbocycles. The largest absolute Gasteiger partial charge is 0.416 e. The number of halogens is 3. The van der Waals surface area contributed by atoms with Crippen LogP contribution in [0.5, 0.6) is 0 Å². The minimum absolute atomic E-state index is 0.0225. The first-order valence-corrected chi connectivity index (χ1v) is 8.06. The first-order valence-electron chi connectivity index (χ1n) is 8.06. The van der Waals surface area contributed by atoms with Crippen molar-refractivity contribution < 1.29 is 22.7 Å². The molecule has 0 radical (unpaired) electrons. The zero-order valence-corrected chi connectivity index (χ0v) is 13.9. The lowest BCUT2D eigenvalue weighted by molar-refractivity contribution is -0.137. The van der Waals surface area contributed by atoms with E-state index in [0.717, 1.165) is 25.2 Å². The van der Waals surface area contributed by atoms with E-state index >= 15 is 0 Å². The molecule has 4 nitrogen and oxygen atoms in total. The molecule has 0 unspecified atom stereocenters. The van der Waals surface area contributed by atoms with E-state index in [2.05, 4.69) is 24.1 Å². The van der Waals surface area contributed by atoms with Crippen molar-refractivity contribution in [2.24, 2.45) is 5.92 Å². The van der Waals surface area contributed by atoms with Gasteiger partial charge in [-0.15, -0.1) is 0 Å². The van der Waals surface area contributed by atoms with Gasteiger partial charge in [0.25, 0.3) is 5.91 Å². The Morgan fingerprint density at radius 2 is 1.96 bits per heavy atom. The third-order valence-electron chi connectivity index (χ3n) is 4.21. The van der Waals surface area contributed by atoms with E-state index < -0.39 is 17.6 Å². The van der Waals surface area contributed by atoms with Crippen LogP contribution < -0.4 is 5.32 Å². The van der Waals surface area contributed by atoms with E-state index in [0.29, 0.717) is 25.7 Å². The third-order valence-corrected chi connectivity index (χ3v) is 4.21. The predicted octanol–water partition coefficient (Wildman–Crippen LogP) is 2.79. The number of rotatable bonds is 5. The van der Waals surface area contributed by atoms with Crippen molar-refractivity contribution in [1.82, 2.24) is 10.2 Å². The standard InChI is InChI=1S/C17H23F3N2O2/c1-12(2)15(22-6-8-24-9-7-22)11-21-16(23)13-4-3-5-14(10-13)17(18,19)20/h3-5,10,12,15H,6-9,11H2,1-2H3,(H,21,23)/t15-/m1/s1. The summed E-state index contributed by atoms with van der Waals surface area (Å²) < 4.78 is 43.6. The molecule has 1 aliphatic rings. The Labute approximate surface area is 140 Å². The van der Waals surface area contributed by atoms with Gasteiger partial charge in [0.05, 0.1) is 18.8 Å². The average molecular weight is 344 g/mol. The summed E-state index contributed by atoms with van der Waals surface area (Å²) in [4.78, 5) is 14.5. The number of carbonyl (C=O) groups excluding carboxylic acids is 1. The molecule has 24 heavy (non-hydrogen) atoms. The average Bonchev–Trinajstić information content (AvgIpc) is 2.55. The lowest BCUT2D eigenvalue weighted by Gasteiger charge is -2.36. The molecule has 1 aromatic rings. The van der Waals surface area contributed by atoms with Crippen LogP contribution >= 0.6 is 0 Å². The molecular formula is C17H23F3N2O2. The van der Waals surface area contributed by atoms with Crippen LogP contribution in [0.1, 0.15) is 29.8 Å². The Balaban J connectivity index is 2.00. The minimum atomic E-state index is -4.45. The number of hydrogen-bond donors (Lipinski definition) is 1. The van der Waals surface area contributed by atoms with Gasteiger partial charge in [-0.2, -0.15) is 13.2 Å². The number of ether oxygens (including phenoxy) is 1. The van der Waals surface area contributed by atoms with Crippen LogP contribution in [0.3, 0.4) is 0 Å². The van der Waals surface area contributed by atoms with Crippen LogP contribution in [0.2, 0.25) is 0 Å². The first-order chi connectivity index (χ1) is 11.3. The normalized spacial score (nSPS) is 17.8. The molecule has 1 heterocycles. The second-order valence-corrected chi connectivity index (χ2v) is 6.25. The molecule has 1 saturated heterocycles. The van der Waals surface area contributed by atoms with Crippen LogP contribution in [0.15, 0.2) is 24.3 Å². The summed E-state index contributed by atoms with van der Waals surface area (Å²) in [6.45, 7) is 7.43. The van der Waals surface area contributed by atoms with Gasteiger partial charge in [0, 0.05) is 31.2 Å². The molecule has 1 aliphatic heterocycles. The fourth-order valence-corrected chi connectivity index (χ4v) is 2.83. The summed E-state index contributed by atoms with van der Waals surface area (Å²) >= 11 is 0. The Bertz CT molecular complexity index is 555. The summed E-state index contributed by atoms with van der Waals surface area (Å²) in [5.41, 5.74) is -0.793. The Hall–Kier alpha value is -1.60. The maximum absolute atomic E-state index is 12.7. The van der Waals surface area contributed by atoms with Crippen molar-refractivity contribution in [3.8, 4) is 0 Å². The highest BCUT2D eigenvalue weighted by atomic mass is 19.4. The van der Waals surface area contributed by atoms with Crippen LogP contribution in [0.4, 0.5) is 13.2 Å². The molecule has 1 N–H and O–H groups in total. The molecule has 7 heteroatoms. The van der Waals surface area contributed by atoms with Crippen molar-refractivity contribution >= 4 is 5.91 Å². The fraction of sp³-hybridized carbons (Fsp3) is 0.588. The van der Waals surface area contributed by atoms with Gasteiger partial charge in [-0.05, 0) is 24.1 Å². The van der Waals surface area contributed by atoms with Crippen LogP contribution in [-0.4, -0.2) is 49.7 Å². The van der Waals surface area contributed by atoms with Crippen LogP contribution in [0, 0.1) is 5.92 Å². The number of morpholine rings is 1. The second kappa shape index (κ2) is 7.98. The van der Waals surface area contributed by atoms with Gasteiger partial charge in [-0.3, -0.25) is 9.69 Å². The number of nitrogens with one attached hydrogen (secondary N) is 1. The van der Waals surface area contributed by atoms with Gasteiger partial charge < -0.3 is 10.1 Å². The highest BCUT2D eigenvalue weighted by Gasteiger charge is 2.31. The van der Waals surface area contributed by atoms with Crippen LogP contribution in [-0.2, 0) is 10.9 Å². The highest BCUT2D eigenvalue weighted by molar-refractivity contribution is 5.94. The van der Waals surface area contributed by atoms with E-state index in [1.807, 2.05) is 0 Å². The molecule has 1 amide bonds. The summed E-state index contributed by atoms with van der Waals surface area (Å²) in [5.74, 6) is -0.176. The molecule has 0 aromatic heterocycles. The Morgan fingerprint density at radius 1 is 1.29 bits per heavy atom. The zero-order chi connectivity index (χ0) is 17.7. The lowest BCUT2D eigenvalue weighted by atomic mass is 10.0. The number of benzene rings is 1. The molecule has 134 valence electrons. The van der Waals surface area contributed by atoms with Crippen molar-refractivity contribution in [2.75, 3.05) is 32.8 Å². The van der Waals surface area contributed by atoms with E-state index in [4.69, 9.17) is 4.74 Å². The number of alkyl halides is 3. The maximum Gasteiger partial charge on any atom is 0.416 e. The van der Waals surface area contributed by atoms with Crippen molar-refractivity contribution in [3.05, 3.63) is 35.4 Å². The van der Waals surface area contributed by atoms with Gasteiger partial charge in [0.15, 0.2) is 0 Å². The van der Waals surface area contributed by atoms with E-state index in [-0.39, 0.29) is 11.6 Å². The Kier molecular flexibility index (Phi) is 6.23. The summed E-state index contributed by atoms with van der Waals surface area (Å²) in [6.07, 6.45) is -4.45. The predicted molar refractivity (Wildman–Crippen MR) is 84.8 cm³/mol. The Morgan fingerprint density at radius 3 is 2.54 bits per heavy atom. The smallest absolute Gasteiger partial charge is 0.379 e. The zero-order valence-electron chi connectivity index (χ0n) is 13.9. The summed E-state index contributed by atoms with van der Waals surface area (Å²) in [5, 5.41) is 2.77. The SMILES string of the molecule is CC(C)[C@@H](CNC(=O)c1cccc(C(F)(F)F)c1)N1CCOCC1. The first kappa shape index (κ1) is 18.7. The lowest BCUT2D eigenvalue weighted by Crippen LogP contribution is -2.51. The van der Waals surface area contributed by atoms with Gasteiger partial charge in [-0.25, -0.2) is 0 Å². The highest BCUT2D eigenvalue weighted by Crippen LogP contribution is 2.29. The monoisotopic (exact) mass is 344 g/mol. The minimum Gasteiger partial charge on any atom is -0.379 e. The van der Waals surface area contributed by atoms with Crippen LogP contribution in [0.25, 0.3) is 0 Å². The number of carbonyl (C=O) groups is 1. The van der Waals surface area contributed by atoms with Crippen molar-refractivity contribution in [1.29, 1.82) is 0 Å². The number of hydrogen-bond acceptors (Lipinski definition) is 3. The summed E-state index contributed by atoms with van der Waals surface area (Å²) in [6, 6.07) is 4.61. The maximum atomic E-state index is 12.7. The molecule has 1 aromatic carbocycles. The van der Waals surface area contributed by atoms with E-state index in [1.165, 1.54) is 12.1 Å². The van der Waals surface area contributed by atoms with Gasteiger partial charge in [0.2, 0.25) is 0 Å². The van der Waals surface area contributed by atoms with E-state index in [9.17, 15) is 18.0 Å². The number of amides is 1. The summed E-state index contributed by atoms with van der Waals surface area (Å²) in [7, 11) is 0. The molecule has 0 spiro atoms. The van der Waals surface area contributed by atoms with Gasteiger partial charge in [-0.1, -0.05) is 19.9 Å². The van der Waals surface area contributed by atoms with Gasteiger partial charge in [0.1, 0.15) is 0 Å². The molecular weight excluding hydrogens is 321 g/mol. The molecule has 1 fully saturated rings. The van der Waals surface area contributed by atoms with E-state index in [1.54, 1.807) is 0 Å².